The van der Waals surface area contributed by atoms with Crippen molar-refractivity contribution in [1.29, 1.82) is 5.26 Å². The van der Waals surface area contributed by atoms with Crippen LogP contribution in [-0.2, 0) is 0 Å². The van der Waals surface area contributed by atoms with E-state index in [0.717, 1.165) is 0 Å². The third-order valence-electron chi connectivity index (χ3n) is 1.94. The second-order valence-corrected chi connectivity index (χ2v) is 3.09. The van der Waals surface area contributed by atoms with E-state index in [2.05, 4.69) is 0 Å². The summed E-state index contributed by atoms with van der Waals surface area (Å²) < 4.78 is 13.0. The summed E-state index contributed by atoms with van der Waals surface area (Å²) >= 11 is 0. The second-order valence-electron chi connectivity index (χ2n) is 3.09. The van der Waals surface area contributed by atoms with Crippen molar-refractivity contribution < 1.29 is 4.39 Å². The molecule has 2 nitrogen and oxygen atoms in total. The Morgan fingerprint density at radius 3 is 2.62 bits per heavy atom. The smallest absolute Gasteiger partial charge is 0.127 e. The summed E-state index contributed by atoms with van der Waals surface area (Å²) in [6, 6.07) is 4.54. The van der Waals surface area contributed by atoms with E-state index in [1.54, 1.807) is 19.9 Å². The lowest BCUT2D eigenvalue weighted by atomic mass is 10.00. The van der Waals surface area contributed by atoms with E-state index in [1.165, 1.54) is 6.07 Å². The van der Waals surface area contributed by atoms with E-state index in [-0.39, 0.29) is 11.9 Å². The third kappa shape index (κ3) is 1.85. The van der Waals surface area contributed by atoms with Crippen molar-refractivity contribution in [1.82, 2.24) is 0 Å². The summed E-state index contributed by atoms with van der Waals surface area (Å²) in [6.45, 7) is 3.43. The van der Waals surface area contributed by atoms with Crippen LogP contribution in [0.5, 0.6) is 0 Å². The van der Waals surface area contributed by atoms with Gasteiger partial charge >= 0.3 is 0 Å². The number of rotatable bonds is 1. The van der Waals surface area contributed by atoms with E-state index in [0.29, 0.717) is 16.7 Å². The minimum atomic E-state index is -0.360. The van der Waals surface area contributed by atoms with Crippen LogP contribution in [0.15, 0.2) is 12.1 Å². The molecular weight excluding hydrogens is 167 g/mol. The lowest BCUT2D eigenvalue weighted by Crippen LogP contribution is -2.08. The molecule has 0 aliphatic heterocycles. The van der Waals surface area contributed by atoms with Gasteiger partial charge in [0.1, 0.15) is 5.82 Å². The van der Waals surface area contributed by atoms with Crippen LogP contribution in [0.3, 0.4) is 0 Å². The van der Waals surface area contributed by atoms with Crippen molar-refractivity contribution in [2.75, 3.05) is 0 Å². The van der Waals surface area contributed by atoms with Crippen LogP contribution < -0.4 is 5.73 Å². The normalized spacial score (nSPS) is 12.2. The van der Waals surface area contributed by atoms with Gasteiger partial charge in [0.15, 0.2) is 0 Å². The Labute approximate surface area is 76.8 Å². The SMILES string of the molecule is Cc1cc([C@@H](C)N)c(C#N)cc1F. The maximum atomic E-state index is 13.0. The molecule has 1 aromatic carbocycles. The molecule has 1 atom stereocenters. The molecule has 0 radical (unpaired) electrons. The van der Waals surface area contributed by atoms with E-state index >= 15 is 0 Å². The summed E-state index contributed by atoms with van der Waals surface area (Å²) in [4.78, 5) is 0. The number of hydrogen-bond acceptors (Lipinski definition) is 2. The lowest BCUT2D eigenvalue weighted by Gasteiger charge is -2.09. The maximum Gasteiger partial charge on any atom is 0.127 e. The number of aryl methyl sites for hydroxylation is 1. The van der Waals surface area contributed by atoms with E-state index in [1.807, 2.05) is 6.07 Å². The molecule has 0 aromatic heterocycles. The first-order valence-corrected chi connectivity index (χ1v) is 4.02. The summed E-state index contributed by atoms with van der Waals surface area (Å²) in [5, 5.41) is 8.71. The van der Waals surface area contributed by atoms with Gasteiger partial charge in [-0.05, 0) is 31.0 Å². The Morgan fingerprint density at radius 2 is 2.15 bits per heavy atom. The van der Waals surface area contributed by atoms with Crippen LogP contribution in [0.2, 0.25) is 0 Å². The highest BCUT2D eigenvalue weighted by atomic mass is 19.1. The molecule has 1 rings (SSSR count). The first-order valence-electron chi connectivity index (χ1n) is 4.02. The fourth-order valence-corrected chi connectivity index (χ4v) is 1.18. The molecule has 0 bridgehead atoms. The molecule has 0 aliphatic rings. The lowest BCUT2D eigenvalue weighted by molar-refractivity contribution is 0.615. The fraction of sp³-hybridized carbons (Fsp3) is 0.300. The third-order valence-corrected chi connectivity index (χ3v) is 1.94. The van der Waals surface area contributed by atoms with Crippen LogP contribution in [0.4, 0.5) is 4.39 Å². The maximum absolute atomic E-state index is 13.0. The van der Waals surface area contributed by atoms with Crippen molar-refractivity contribution in [2.24, 2.45) is 5.73 Å². The quantitative estimate of drug-likeness (QED) is 0.715. The van der Waals surface area contributed by atoms with Gasteiger partial charge in [-0.15, -0.1) is 0 Å². The molecule has 68 valence electrons. The Kier molecular flexibility index (Phi) is 2.64. The number of halogens is 1. The van der Waals surface area contributed by atoms with Gasteiger partial charge in [0, 0.05) is 6.04 Å². The number of hydrogen-bond donors (Lipinski definition) is 1. The Balaban J connectivity index is 3.35. The minimum Gasteiger partial charge on any atom is -0.324 e. The molecule has 1 aromatic rings. The zero-order chi connectivity index (χ0) is 10.0. The van der Waals surface area contributed by atoms with Crippen LogP contribution in [0.25, 0.3) is 0 Å². The van der Waals surface area contributed by atoms with E-state index in [9.17, 15) is 4.39 Å². The molecule has 0 amide bonds. The van der Waals surface area contributed by atoms with Crippen LogP contribution in [-0.4, -0.2) is 0 Å². The predicted molar refractivity (Wildman–Crippen MR) is 48.5 cm³/mol. The summed E-state index contributed by atoms with van der Waals surface area (Å²) in [5.74, 6) is -0.360. The van der Waals surface area contributed by atoms with Crippen molar-refractivity contribution >= 4 is 0 Å². The highest BCUT2D eigenvalue weighted by Gasteiger charge is 2.09. The molecule has 0 spiro atoms. The fourth-order valence-electron chi connectivity index (χ4n) is 1.18. The van der Waals surface area contributed by atoms with Crippen molar-refractivity contribution in [3.63, 3.8) is 0 Å². The topological polar surface area (TPSA) is 49.8 Å². The molecule has 0 aliphatic carbocycles. The molecule has 0 saturated heterocycles. The molecule has 13 heavy (non-hydrogen) atoms. The summed E-state index contributed by atoms with van der Waals surface area (Å²) in [6.07, 6.45) is 0. The number of nitrogens with two attached hydrogens (primary N) is 1. The second kappa shape index (κ2) is 3.55. The molecule has 3 heteroatoms. The van der Waals surface area contributed by atoms with Gasteiger partial charge < -0.3 is 5.73 Å². The average Bonchev–Trinajstić information content (AvgIpc) is 2.08. The van der Waals surface area contributed by atoms with Gasteiger partial charge in [0.05, 0.1) is 11.6 Å². The monoisotopic (exact) mass is 178 g/mol. The zero-order valence-corrected chi connectivity index (χ0v) is 7.63. The summed E-state index contributed by atoms with van der Waals surface area (Å²) in [5.41, 5.74) is 7.17. The van der Waals surface area contributed by atoms with E-state index < -0.39 is 0 Å². The Morgan fingerprint density at radius 1 is 1.54 bits per heavy atom. The molecule has 0 saturated carbocycles. The highest BCUT2D eigenvalue weighted by Crippen LogP contribution is 2.19. The number of nitriles is 1. The molecule has 2 N–H and O–H groups in total. The Bertz CT molecular complexity index is 364. The minimum absolute atomic E-state index is 0.242. The largest absolute Gasteiger partial charge is 0.324 e. The Hall–Kier alpha value is -1.40. The molecule has 0 unspecified atom stereocenters. The number of benzene rings is 1. The molecular formula is C10H11FN2. The van der Waals surface area contributed by atoms with Crippen LogP contribution >= 0.6 is 0 Å². The summed E-state index contributed by atoms with van der Waals surface area (Å²) in [7, 11) is 0. The first kappa shape index (κ1) is 9.69. The van der Waals surface area contributed by atoms with Gasteiger partial charge in [0.2, 0.25) is 0 Å². The average molecular weight is 178 g/mol. The van der Waals surface area contributed by atoms with Crippen LogP contribution in [0.1, 0.15) is 29.7 Å². The van der Waals surface area contributed by atoms with Crippen LogP contribution in [0, 0.1) is 24.1 Å². The zero-order valence-electron chi connectivity index (χ0n) is 7.63. The van der Waals surface area contributed by atoms with Gasteiger partial charge in [-0.2, -0.15) is 5.26 Å². The standard InChI is InChI=1S/C10H11FN2/c1-6-3-9(7(2)13)8(5-12)4-10(6)11/h3-4,7H,13H2,1-2H3/t7-/m1/s1. The van der Waals surface area contributed by atoms with Gasteiger partial charge in [-0.3, -0.25) is 0 Å². The molecule has 0 heterocycles. The van der Waals surface area contributed by atoms with Crippen molar-refractivity contribution in [3.05, 3.63) is 34.6 Å². The highest BCUT2D eigenvalue weighted by molar-refractivity contribution is 5.42. The predicted octanol–water partition coefficient (Wildman–Crippen LogP) is 2.03. The van der Waals surface area contributed by atoms with Crippen molar-refractivity contribution in [3.8, 4) is 6.07 Å². The van der Waals surface area contributed by atoms with Gasteiger partial charge in [-0.1, -0.05) is 6.07 Å². The molecule has 0 fully saturated rings. The van der Waals surface area contributed by atoms with Gasteiger partial charge in [0.25, 0.3) is 0 Å². The van der Waals surface area contributed by atoms with Gasteiger partial charge in [-0.25, -0.2) is 4.39 Å². The number of nitrogens with zero attached hydrogens (tertiary/aromatic N) is 1. The van der Waals surface area contributed by atoms with E-state index in [4.69, 9.17) is 11.0 Å². The van der Waals surface area contributed by atoms with Crippen molar-refractivity contribution in [2.45, 2.75) is 19.9 Å². The first-order chi connectivity index (χ1) is 6.06.